The summed E-state index contributed by atoms with van der Waals surface area (Å²) in [6, 6.07) is 7.74. The molecule has 20 heavy (non-hydrogen) atoms. The van der Waals surface area contributed by atoms with E-state index in [1.807, 2.05) is 24.4 Å². The monoisotopic (exact) mass is 354 g/mol. The van der Waals surface area contributed by atoms with Gasteiger partial charge in [-0.15, -0.1) is 11.3 Å². The van der Waals surface area contributed by atoms with Crippen LogP contribution in [0.3, 0.4) is 0 Å². The molecule has 0 fully saturated rings. The molecule has 0 amide bonds. The largest absolute Gasteiger partial charge is 0.482 e. The van der Waals surface area contributed by atoms with Crippen molar-refractivity contribution < 1.29 is 9.13 Å². The van der Waals surface area contributed by atoms with Crippen LogP contribution in [0.1, 0.15) is 23.5 Å². The smallest absolute Gasteiger partial charge is 0.148 e. The maximum absolute atomic E-state index is 13.6. The van der Waals surface area contributed by atoms with E-state index < -0.39 is 11.9 Å². The predicted molar refractivity (Wildman–Crippen MR) is 80.2 cm³/mol. The summed E-state index contributed by atoms with van der Waals surface area (Å²) >= 11 is 4.87. The molecule has 2 unspecified atom stereocenters. The molecule has 104 valence electrons. The zero-order chi connectivity index (χ0) is 14.7. The Morgan fingerprint density at radius 2 is 2.25 bits per heavy atom. The van der Waals surface area contributed by atoms with Gasteiger partial charge in [0.25, 0.3) is 0 Å². The molecule has 2 aromatic rings. The van der Waals surface area contributed by atoms with Crippen LogP contribution in [0.25, 0.3) is 0 Å². The van der Waals surface area contributed by atoms with Crippen molar-refractivity contribution >= 4 is 27.3 Å². The van der Waals surface area contributed by atoms with Crippen LogP contribution >= 0.6 is 27.3 Å². The predicted octanol–water partition coefficient (Wildman–Crippen LogP) is 3.99. The molecule has 0 saturated heterocycles. The minimum atomic E-state index is -0.596. The molecule has 6 heteroatoms. The number of hydrogen-bond acceptors (Lipinski definition) is 4. The Kier molecular flexibility index (Phi) is 4.76. The second-order valence-corrected chi connectivity index (χ2v) is 6.15. The normalized spacial score (nSPS) is 13.6. The molecule has 2 rings (SSSR count). The summed E-state index contributed by atoms with van der Waals surface area (Å²) in [6.45, 7) is 1.81. The second-order valence-electron chi connectivity index (χ2n) is 4.29. The highest BCUT2D eigenvalue weighted by atomic mass is 79.9. The first-order valence-corrected chi connectivity index (χ1v) is 7.55. The number of hydrogen-bond donors (Lipinski definition) is 1. The van der Waals surface area contributed by atoms with Crippen LogP contribution < -0.4 is 10.5 Å². The molecule has 2 atom stereocenters. The van der Waals surface area contributed by atoms with Gasteiger partial charge in [-0.05, 0) is 41.1 Å². The van der Waals surface area contributed by atoms with Crippen LogP contribution in [-0.2, 0) is 0 Å². The summed E-state index contributed by atoms with van der Waals surface area (Å²) in [5.74, 6) is -0.389. The maximum Gasteiger partial charge on any atom is 0.148 e. The number of nitriles is 1. The van der Waals surface area contributed by atoms with Crippen molar-refractivity contribution in [3.63, 3.8) is 0 Å². The summed E-state index contributed by atoms with van der Waals surface area (Å²) in [6.07, 6.45) is -0.430. The summed E-state index contributed by atoms with van der Waals surface area (Å²) in [7, 11) is 0. The van der Waals surface area contributed by atoms with E-state index in [4.69, 9.17) is 15.7 Å². The number of thiophene rings is 1. The molecular weight excluding hydrogens is 343 g/mol. The maximum atomic E-state index is 13.6. The van der Waals surface area contributed by atoms with Crippen LogP contribution in [0, 0.1) is 17.1 Å². The molecule has 3 nitrogen and oxygen atoms in total. The lowest BCUT2D eigenvalue weighted by Gasteiger charge is -2.22. The Hall–Kier alpha value is -1.42. The van der Waals surface area contributed by atoms with Crippen molar-refractivity contribution in [3.8, 4) is 11.8 Å². The lowest BCUT2D eigenvalue weighted by atomic mass is 10.1. The number of nitrogens with zero attached hydrogens (tertiary/aromatic N) is 1. The fourth-order valence-corrected chi connectivity index (χ4v) is 3.34. The highest BCUT2D eigenvalue weighted by molar-refractivity contribution is 9.10. The molecule has 0 spiro atoms. The standard InChI is InChI=1S/C14H12BrFN2OS/c1-8(18)14(13-5-9(15)7-20-13)19-12-4-2-3-11(16)10(12)6-17/h2-5,7-8,14H,18H2,1H3. The lowest BCUT2D eigenvalue weighted by molar-refractivity contribution is 0.183. The molecular formula is C14H12BrFN2OS. The van der Waals surface area contributed by atoms with Crippen LogP contribution in [0.4, 0.5) is 4.39 Å². The third kappa shape index (κ3) is 3.18. The van der Waals surface area contributed by atoms with E-state index in [1.165, 1.54) is 23.5 Å². The number of nitrogens with two attached hydrogens (primary N) is 1. The number of halogens is 2. The van der Waals surface area contributed by atoms with Gasteiger partial charge in [0.1, 0.15) is 29.3 Å². The van der Waals surface area contributed by atoms with Crippen LogP contribution in [0.2, 0.25) is 0 Å². The molecule has 0 aliphatic carbocycles. The van der Waals surface area contributed by atoms with E-state index in [0.29, 0.717) is 0 Å². The van der Waals surface area contributed by atoms with Crippen molar-refractivity contribution in [2.75, 3.05) is 0 Å². The Morgan fingerprint density at radius 3 is 2.80 bits per heavy atom. The summed E-state index contributed by atoms with van der Waals surface area (Å²) in [5, 5.41) is 10.9. The number of rotatable bonds is 4. The zero-order valence-electron chi connectivity index (χ0n) is 10.6. The Balaban J connectivity index is 2.35. The van der Waals surface area contributed by atoms with Gasteiger partial charge in [-0.2, -0.15) is 5.26 Å². The van der Waals surface area contributed by atoms with E-state index >= 15 is 0 Å². The van der Waals surface area contributed by atoms with E-state index in [-0.39, 0.29) is 17.4 Å². The molecule has 0 aliphatic rings. The highest BCUT2D eigenvalue weighted by Gasteiger charge is 2.22. The molecule has 1 aromatic heterocycles. The van der Waals surface area contributed by atoms with Gasteiger partial charge in [0.05, 0.1) is 0 Å². The van der Waals surface area contributed by atoms with E-state index in [1.54, 1.807) is 6.07 Å². The zero-order valence-corrected chi connectivity index (χ0v) is 13.0. The molecule has 0 saturated carbocycles. The SMILES string of the molecule is CC(N)C(Oc1cccc(F)c1C#N)c1cc(Br)cs1. The van der Waals surface area contributed by atoms with Gasteiger partial charge in [0, 0.05) is 20.8 Å². The van der Waals surface area contributed by atoms with Crippen molar-refractivity contribution in [2.45, 2.75) is 19.1 Å². The average molecular weight is 355 g/mol. The van der Waals surface area contributed by atoms with E-state index in [0.717, 1.165) is 9.35 Å². The van der Waals surface area contributed by atoms with Crippen molar-refractivity contribution in [2.24, 2.45) is 5.73 Å². The molecule has 0 aliphatic heterocycles. The minimum absolute atomic E-state index is 0.103. The molecule has 1 aromatic carbocycles. The molecule has 0 radical (unpaired) electrons. The number of ether oxygens (including phenoxy) is 1. The summed E-state index contributed by atoms with van der Waals surface area (Å²) in [5.41, 5.74) is 5.84. The topological polar surface area (TPSA) is 59.0 Å². The van der Waals surface area contributed by atoms with Crippen molar-refractivity contribution in [1.82, 2.24) is 0 Å². The lowest BCUT2D eigenvalue weighted by Crippen LogP contribution is -2.28. The summed E-state index contributed by atoms with van der Waals surface area (Å²) < 4.78 is 20.3. The first kappa shape index (κ1) is 15.0. The Labute approximate surface area is 128 Å². The third-order valence-corrected chi connectivity index (χ3v) is 4.44. The van der Waals surface area contributed by atoms with Gasteiger partial charge in [-0.25, -0.2) is 4.39 Å². The van der Waals surface area contributed by atoms with Crippen LogP contribution in [0.15, 0.2) is 34.1 Å². The fraction of sp³-hybridized carbons (Fsp3) is 0.214. The van der Waals surface area contributed by atoms with Gasteiger partial charge in [0.15, 0.2) is 0 Å². The molecule has 2 N–H and O–H groups in total. The van der Waals surface area contributed by atoms with Gasteiger partial charge in [-0.1, -0.05) is 6.07 Å². The van der Waals surface area contributed by atoms with Crippen molar-refractivity contribution in [1.29, 1.82) is 5.26 Å². The molecule has 0 bridgehead atoms. The van der Waals surface area contributed by atoms with Crippen molar-refractivity contribution in [3.05, 3.63) is 50.4 Å². The second kappa shape index (κ2) is 6.35. The average Bonchev–Trinajstić information content (AvgIpc) is 2.82. The van der Waals surface area contributed by atoms with Crippen LogP contribution in [-0.4, -0.2) is 6.04 Å². The summed E-state index contributed by atoms with van der Waals surface area (Å²) in [4.78, 5) is 0.917. The van der Waals surface area contributed by atoms with Crippen LogP contribution in [0.5, 0.6) is 5.75 Å². The van der Waals surface area contributed by atoms with E-state index in [2.05, 4.69) is 15.9 Å². The van der Waals surface area contributed by atoms with E-state index in [9.17, 15) is 4.39 Å². The first-order valence-electron chi connectivity index (χ1n) is 5.87. The quantitative estimate of drug-likeness (QED) is 0.902. The highest BCUT2D eigenvalue weighted by Crippen LogP contribution is 2.32. The van der Waals surface area contributed by atoms with Gasteiger partial charge in [-0.3, -0.25) is 0 Å². The third-order valence-electron chi connectivity index (χ3n) is 2.69. The first-order chi connectivity index (χ1) is 9.52. The minimum Gasteiger partial charge on any atom is -0.482 e. The molecule has 1 heterocycles. The number of benzene rings is 1. The van der Waals surface area contributed by atoms with Gasteiger partial charge >= 0.3 is 0 Å². The van der Waals surface area contributed by atoms with Gasteiger partial charge < -0.3 is 10.5 Å². The van der Waals surface area contributed by atoms with Gasteiger partial charge in [0.2, 0.25) is 0 Å². The Morgan fingerprint density at radius 1 is 1.50 bits per heavy atom. The Bertz CT molecular complexity index is 651. The fourth-order valence-electron chi connectivity index (χ4n) is 1.75.